The molecule has 1 aromatic heterocycles. The molecule has 5 nitrogen and oxygen atoms in total. The highest BCUT2D eigenvalue weighted by molar-refractivity contribution is 6.10. The first-order valence-electron chi connectivity index (χ1n) is 9.34. The number of piperidine rings is 1. The van der Waals surface area contributed by atoms with Crippen LogP contribution in [0.15, 0.2) is 60.8 Å². The van der Waals surface area contributed by atoms with Crippen molar-refractivity contribution in [1.82, 2.24) is 9.88 Å². The molecule has 0 spiro atoms. The number of ketones is 1. The normalized spacial score (nSPS) is 17.0. The van der Waals surface area contributed by atoms with E-state index >= 15 is 0 Å². The van der Waals surface area contributed by atoms with Crippen LogP contribution in [0.25, 0.3) is 10.9 Å². The number of carbonyl (C=O) groups excluding carboxylic acids is 2. The molecule has 3 N–H and O–H groups in total. The minimum Gasteiger partial charge on any atom is -0.369 e. The molecule has 0 saturated carbocycles. The average molecular weight is 361 g/mol. The van der Waals surface area contributed by atoms with Gasteiger partial charge in [0.15, 0.2) is 5.78 Å². The number of H-pyrrole nitrogens is 1. The molecule has 27 heavy (non-hydrogen) atoms. The van der Waals surface area contributed by atoms with Crippen LogP contribution < -0.4 is 5.73 Å². The molecule has 0 aliphatic carbocycles. The molecule has 4 rings (SSSR count). The summed E-state index contributed by atoms with van der Waals surface area (Å²) in [5, 5.41) is 0.940. The molecule has 3 aromatic rings. The minimum atomic E-state index is -0.362. The van der Waals surface area contributed by atoms with Crippen molar-refractivity contribution in [3.8, 4) is 0 Å². The fraction of sp³-hybridized carbons (Fsp3) is 0.273. The van der Waals surface area contributed by atoms with Gasteiger partial charge in [0.05, 0.1) is 6.04 Å². The summed E-state index contributed by atoms with van der Waals surface area (Å²) in [6.07, 6.45) is 3.19. The Labute approximate surface area is 158 Å². The second-order valence-electron chi connectivity index (χ2n) is 7.14. The van der Waals surface area contributed by atoms with E-state index in [4.69, 9.17) is 5.73 Å². The predicted octanol–water partition coefficient (Wildman–Crippen LogP) is 3.29. The van der Waals surface area contributed by atoms with E-state index in [0.29, 0.717) is 31.5 Å². The molecule has 2 aromatic carbocycles. The van der Waals surface area contributed by atoms with Crippen LogP contribution in [0.2, 0.25) is 0 Å². The maximum absolute atomic E-state index is 13.6. The number of Topliss-reactive ketones (excluding diaryl/α,β-unsaturated/α-hetero) is 1. The Hall–Kier alpha value is -2.92. The van der Waals surface area contributed by atoms with Gasteiger partial charge in [-0.15, -0.1) is 0 Å². The fourth-order valence-corrected chi connectivity index (χ4v) is 4.03. The van der Waals surface area contributed by atoms with Crippen LogP contribution in [0.1, 0.15) is 34.8 Å². The monoisotopic (exact) mass is 361 g/mol. The van der Waals surface area contributed by atoms with E-state index in [1.807, 2.05) is 54.6 Å². The van der Waals surface area contributed by atoms with Crippen molar-refractivity contribution in [3.63, 3.8) is 0 Å². The number of primary amides is 1. The van der Waals surface area contributed by atoms with Crippen molar-refractivity contribution >= 4 is 22.6 Å². The Bertz CT molecular complexity index is 956. The number of benzene rings is 2. The lowest BCUT2D eigenvalue weighted by atomic mass is 9.90. The van der Waals surface area contributed by atoms with Crippen LogP contribution in [0.3, 0.4) is 0 Å². The first kappa shape index (κ1) is 17.5. The third-order valence-corrected chi connectivity index (χ3v) is 5.52. The summed E-state index contributed by atoms with van der Waals surface area (Å²) in [7, 11) is 0. The molecule has 0 radical (unpaired) electrons. The second-order valence-corrected chi connectivity index (χ2v) is 7.14. The fourth-order valence-electron chi connectivity index (χ4n) is 4.03. The Balaban J connectivity index is 1.69. The zero-order chi connectivity index (χ0) is 18.8. The van der Waals surface area contributed by atoms with Gasteiger partial charge in [0, 0.05) is 28.6 Å². The van der Waals surface area contributed by atoms with E-state index in [9.17, 15) is 9.59 Å². The van der Waals surface area contributed by atoms with E-state index in [1.165, 1.54) is 0 Å². The van der Waals surface area contributed by atoms with E-state index < -0.39 is 0 Å². The Morgan fingerprint density at radius 3 is 2.37 bits per heavy atom. The zero-order valence-electron chi connectivity index (χ0n) is 15.1. The third-order valence-electron chi connectivity index (χ3n) is 5.52. The van der Waals surface area contributed by atoms with Crippen LogP contribution in [-0.4, -0.2) is 34.7 Å². The summed E-state index contributed by atoms with van der Waals surface area (Å²) < 4.78 is 0. The molecule has 1 fully saturated rings. The van der Waals surface area contributed by atoms with Gasteiger partial charge >= 0.3 is 0 Å². The number of aromatic amines is 1. The van der Waals surface area contributed by atoms with Gasteiger partial charge in [-0.1, -0.05) is 48.5 Å². The van der Waals surface area contributed by atoms with Gasteiger partial charge in [0.1, 0.15) is 0 Å². The predicted molar refractivity (Wildman–Crippen MR) is 105 cm³/mol. The lowest BCUT2D eigenvalue weighted by molar-refractivity contribution is -0.123. The number of amides is 1. The highest BCUT2D eigenvalue weighted by atomic mass is 16.1. The molecule has 138 valence electrons. The van der Waals surface area contributed by atoms with E-state index in [-0.39, 0.29) is 23.7 Å². The number of para-hydroxylation sites is 1. The van der Waals surface area contributed by atoms with Crippen LogP contribution in [0.4, 0.5) is 0 Å². The lowest BCUT2D eigenvalue weighted by Crippen LogP contribution is -2.42. The van der Waals surface area contributed by atoms with Crippen molar-refractivity contribution in [3.05, 3.63) is 71.9 Å². The molecular weight excluding hydrogens is 338 g/mol. The molecule has 1 saturated heterocycles. The first-order valence-corrected chi connectivity index (χ1v) is 9.34. The third kappa shape index (κ3) is 3.38. The van der Waals surface area contributed by atoms with Gasteiger partial charge in [0.25, 0.3) is 0 Å². The number of aromatic nitrogens is 1. The number of nitrogens with one attached hydrogen (secondary N) is 1. The summed E-state index contributed by atoms with van der Waals surface area (Å²) in [5.41, 5.74) is 8.11. The number of carbonyl (C=O) groups is 2. The zero-order valence-corrected chi connectivity index (χ0v) is 15.1. The molecule has 1 aliphatic rings. The number of hydrogen-bond acceptors (Lipinski definition) is 3. The van der Waals surface area contributed by atoms with Crippen molar-refractivity contribution in [2.75, 3.05) is 13.1 Å². The smallest absolute Gasteiger partial charge is 0.220 e. The summed E-state index contributed by atoms with van der Waals surface area (Å²) in [6, 6.07) is 17.4. The van der Waals surface area contributed by atoms with E-state index in [0.717, 1.165) is 16.5 Å². The number of rotatable bonds is 5. The van der Waals surface area contributed by atoms with E-state index in [2.05, 4.69) is 9.88 Å². The average Bonchev–Trinajstić information content (AvgIpc) is 3.13. The van der Waals surface area contributed by atoms with Crippen molar-refractivity contribution in [1.29, 1.82) is 0 Å². The minimum absolute atomic E-state index is 0.0798. The summed E-state index contributed by atoms with van der Waals surface area (Å²) in [4.78, 5) is 30.5. The van der Waals surface area contributed by atoms with Crippen LogP contribution in [-0.2, 0) is 4.79 Å². The van der Waals surface area contributed by atoms with Gasteiger partial charge in [-0.05, 0) is 37.6 Å². The molecule has 1 unspecified atom stereocenters. The van der Waals surface area contributed by atoms with E-state index in [1.54, 1.807) is 6.20 Å². The molecule has 0 bridgehead atoms. The first-order chi connectivity index (χ1) is 13.1. The van der Waals surface area contributed by atoms with Crippen LogP contribution >= 0.6 is 0 Å². The highest BCUT2D eigenvalue weighted by Crippen LogP contribution is 2.32. The number of hydrogen-bond donors (Lipinski definition) is 2. The topological polar surface area (TPSA) is 79.2 Å². The second kappa shape index (κ2) is 7.37. The Morgan fingerprint density at radius 2 is 1.67 bits per heavy atom. The van der Waals surface area contributed by atoms with Crippen LogP contribution in [0.5, 0.6) is 0 Å². The highest BCUT2D eigenvalue weighted by Gasteiger charge is 2.33. The molecule has 1 aliphatic heterocycles. The SMILES string of the molecule is NC(=O)C1CCN(C(C(=O)c2c[nH]c3ccccc23)c2ccccc2)CC1. The molecule has 2 heterocycles. The van der Waals surface area contributed by atoms with Crippen molar-refractivity contribution in [2.45, 2.75) is 18.9 Å². The number of nitrogens with two attached hydrogens (primary N) is 1. The number of fused-ring (bicyclic) bond motifs is 1. The van der Waals surface area contributed by atoms with Gasteiger partial charge in [0.2, 0.25) is 5.91 Å². The van der Waals surface area contributed by atoms with Gasteiger partial charge < -0.3 is 10.7 Å². The Morgan fingerprint density at radius 1 is 1.00 bits per heavy atom. The van der Waals surface area contributed by atoms with Gasteiger partial charge in [-0.2, -0.15) is 0 Å². The number of likely N-dealkylation sites (tertiary alicyclic amines) is 1. The van der Waals surface area contributed by atoms with Crippen LogP contribution in [0, 0.1) is 5.92 Å². The largest absolute Gasteiger partial charge is 0.369 e. The molecule has 1 atom stereocenters. The quantitative estimate of drug-likeness (QED) is 0.685. The standard InChI is InChI=1S/C22H23N3O2/c23-22(27)16-10-12-25(13-11-16)20(15-6-2-1-3-7-15)21(26)18-14-24-19-9-5-4-8-17(18)19/h1-9,14,16,20,24H,10-13H2,(H2,23,27). The molecular formula is C22H23N3O2. The van der Waals surface area contributed by atoms with Crippen molar-refractivity contribution < 1.29 is 9.59 Å². The Kier molecular flexibility index (Phi) is 4.77. The van der Waals surface area contributed by atoms with Crippen molar-refractivity contribution in [2.24, 2.45) is 11.7 Å². The summed E-state index contributed by atoms with van der Waals surface area (Å²) >= 11 is 0. The number of nitrogens with zero attached hydrogens (tertiary/aromatic N) is 1. The molecule has 5 heteroatoms. The maximum Gasteiger partial charge on any atom is 0.220 e. The molecule has 1 amide bonds. The van der Waals surface area contributed by atoms with Gasteiger partial charge in [-0.3, -0.25) is 14.5 Å². The summed E-state index contributed by atoms with van der Waals surface area (Å²) in [6.45, 7) is 1.36. The summed E-state index contributed by atoms with van der Waals surface area (Å²) in [5.74, 6) is -0.258. The lowest BCUT2D eigenvalue weighted by Gasteiger charge is -2.36. The maximum atomic E-state index is 13.6. The van der Waals surface area contributed by atoms with Gasteiger partial charge in [-0.25, -0.2) is 0 Å².